The van der Waals surface area contributed by atoms with Crippen LogP contribution >= 0.6 is 0 Å². The Morgan fingerprint density at radius 1 is 0.882 bits per heavy atom. The first-order valence-electron chi connectivity index (χ1n) is 17.1. The van der Waals surface area contributed by atoms with E-state index in [0.29, 0.717) is 65.1 Å². The quantitative estimate of drug-likeness (QED) is 0.0742. The zero-order chi connectivity index (χ0) is 35.3. The molecular formula is C42H39N3O6. The minimum atomic E-state index is -0.131. The summed E-state index contributed by atoms with van der Waals surface area (Å²) in [6.45, 7) is 3.35. The number of pyridine rings is 1. The van der Waals surface area contributed by atoms with Crippen molar-refractivity contribution in [2.75, 3.05) is 34.0 Å². The maximum Gasteiger partial charge on any atom is 0.256 e. The number of carbonyl (C=O) groups is 2. The lowest BCUT2D eigenvalue weighted by Crippen LogP contribution is -2.35. The predicted molar refractivity (Wildman–Crippen MR) is 199 cm³/mol. The van der Waals surface area contributed by atoms with E-state index < -0.39 is 0 Å². The number of methoxy groups -OCH3 is 2. The summed E-state index contributed by atoms with van der Waals surface area (Å²) in [5, 5.41) is 0.933. The summed E-state index contributed by atoms with van der Waals surface area (Å²) in [5.41, 5.74) is 5.85. The van der Waals surface area contributed by atoms with Crippen molar-refractivity contribution < 1.29 is 28.5 Å². The molecule has 1 atom stereocenters. The summed E-state index contributed by atoms with van der Waals surface area (Å²) >= 11 is 0. The van der Waals surface area contributed by atoms with Gasteiger partial charge < -0.3 is 23.8 Å². The van der Waals surface area contributed by atoms with Gasteiger partial charge in [-0.05, 0) is 61.2 Å². The van der Waals surface area contributed by atoms with E-state index in [9.17, 15) is 9.59 Å². The summed E-state index contributed by atoms with van der Waals surface area (Å²) in [7, 11) is 3.15. The Morgan fingerprint density at radius 2 is 1.63 bits per heavy atom. The van der Waals surface area contributed by atoms with Crippen LogP contribution in [-0.2, 0) is 0 Å². The third-order valence-electron chi connectivity index (χ3n) is 9.26. The third-order valence-corrected chi connectivity index (χ3v) is 9.26. The van der Waals surface area contributed by atoms with Gasteiger partial charge in [0, 0.05) is 41.9 Å². The molecule has 0 spiro atoms. The van der Waals surface area contributed by atoms with Gasteiger partial charge in [-0.1, -0.05) is 60.7 Å². The molecule has 1 saturated heterocycles. The molecule has 3 heterocycles. The number of fused-ring (bicyclic) bond motifs is 3. The Balaban J connectivity index is 1.00. The van der Waals surface area contributed by atoms with E-state index in [1.165, 1.54) is 0 Å². The molecule has 258 valence electrons. The summed E-state index contributed by atoms with van der Waals surface area (Å²) in [6.07, 6.45) is 7.71. The molecule has 0 radical (unpaired) electrons. The lowest BCUT2D eigenvalue weighted by molar-refractivity contribution is 0.0774. The van der Waals surface area contributed by atoms with Crippen molar-refractivity contribution >= 4 is 40.6 Å². The van der Waals surface area contributed by atoms with Crippen molar-refractivity contribution in [2.45, 2.75) is 32.2 Å². The monoisotopic (exact) mass is 681 g/mol. The van der Waals surface area contributed by atoms with Crippen LogP contribution in [0, 0.1) is 6.92 Å². The van der Waals surface area contributed by atoms with Crippen molar-refractivity contribution in [2.24, 2.45) is 4.99 Å². The Bertz CT molecular complexity index is 2160. The first kappa shape index (κ1) is 33.5. The molecule has 9 nitrogen and oxygen atoms in total. The molecule has 0 aliphatic carbocycles. The van der Waals surface area contributed by atoms with Crippen LogP contribution in [0.25, 0.3) is 28.1 Å². The minimum absolute atomic E-state index is 0.0279. The summed E-state index contributed by atoms with van der Waals surface area (Å²) in [4.78, 5) is 38.1. The number of aryl methyl sites for hydroxylation is 1. The highest BCUT2D eigenvalue weighted by Crippen LogP contribution is 2.38. The molecule has 1 amide bonds. The Hall–Kier alpha value is -5.96. The number of ketones is 1. The van der Waals surface area contributed by atoms with E-state index in [1.807, 2.05) is 90.8 Å². The topological polar surface area (TPSA) is 99.6 Å². The molecule has 2 aliphatic rings. The second kappa shape index (κ2) is 14.9. The zero-order valence-corrected chi connectivity index (χ0v) is 28.9. The number of nitrogens with zero attached hydrogens (tertiary/aromatic N) is 3. The van der Waals surface area contributed by atoms with Gasteiger partial charge in [0.1, 0.15) is 0 Å². The summed E-state index contributed by atoms with van der Waals surface area (Å²) in [6, 6.07) is 26.9. The number of aromatic nitrogens is 1. The molecule has 0 unspecified atom stereocenters. The second-order valence-corrected chi connectivity index (χ2v) is 12.5. The van der Waals surface area contributed by atoms with Gasteiger partial charge in [0.25, 0.3) is 5.91 Å². The fourth-order valence-corrected chi connectivity index (χ4v) is 6.75. The largest absolute Gasteiger partial charge is 0.493 e. The Kier molecular flexibility index (Phi) is 9.78. The highest BCUT2D eigenvalue weighted by molar-refractivity contribution is 6.16. The van der Waals surface area contributed by atoms with Crippen molar-refractivity contribution in [3.63, 3.8) is 0 Å². The van der Waals surface area contributed by atoms with Gasteiger partial charge in [-0.15, -0.1) is 0 Å². The number of benzene rings is 4. The van der Waals surface area contributed by atoms with E-state index in [0.717, 1.165) is 47.0 Å². The van der Waals surface area contributed by atoms with E-state index in [1.54, 1.807) is 38.5 Å². The standard InChI is InChI=1S/C42H39N3O6/c1-27-40(41(29-11-5-4-6-12-29)31-14-7-8-15-33(31)44-27)35(46)18-16-28-17-19-36(37(23-28)48-2)50-21-10-22-51-39-25-34-32(24-38(39)49-3)42(47)45-20-9-13-30(45)26-43-34/h4-8,11-12,14-19,23-26,30H,9-10,13,20-22H2,1-3H3/b18-16+/t30-/m0/s1. The van der Waals surface area contributed by atoms with Gasteiger partial charge in [0.15, 0.2) is 28.8 Å². The van der Waals surface area contributed by atoms with Gasteiger partial charge in [0.2, 0.25) is 0 Å². The van der Waals surface area contributed by atoms with Crippen LogP contribution in [0.3, 0.4) is 0 Å². The van der Waals surface area contributed by atoms with E-state index in [4.69, 9.17) is 23.9 Å². The highest BCUT2D eigenvalue weighted by atomic mass is 16.5. The fourth-order valence-electron chi connectivity index (χ4n) is 6.75. The number of hydrogen-bond acceptors (Lipinski definition) is 8. The van der Waals surface area contributed by atoms with Gasteiger partial charge in [-0.25, -0.2) is 0 Å². The van der Waals surface area contributed by atoms with Crippen LogP contribution in [-0.4, -0.2) is 67.8 Å². The first-order valence-corrected chi connectivity index (χ1v) is 17.1. The Morgan fingerprint density at radius 3 is 2.43 bits per heavy atom. The highest BCUT2D eigenvalue weighted by Gasteiger charge is 2.32. The predicted octanol–water partition coefficient (Wildman–Crippen LogP) is 8.29. The summed E-state index contributed by atoms with van der Waals surface area (Å²) < 4.78 is 23.3. The molecule has 1 aromatic heterocycles. The van der Waals surface area contributed by atoms with Crippen molar-refractivity contribution in [3.05, 3.63) is 113 Å². The average molecular weight is 682 g/mol. The van der Waals surface area contributed by atoms with E-state index in [2.05, 4.69) is 4.99 Å². The van der Waals surface area contributed by atoms with Crippen molar-refractivity contribution in [1.29, 1.82) is 0 Å². The van der Waals surface area contributed by atoms with E-state index >= 15 is 0 Å². The molecule has 5 aromatic rings. The number of amides is 1. The molecule has 0 bridgehead atoms. The third kappa shape index (κ3) is 6.92. The molecule has 51 heavy (non-hydrogen) atoms. The van der Waals surface area contributed by atoms with Crippen LogP contribution < -0.4 is 18.9 Å². The molecule has 2 aliphatic heterocycles. The normalized spacial score (nSPS) is 15.1. The van der Waals surface area contributed by atoms with Crippen LogP contribution in [0.5, 0.6) is 23.0 Å². The van der Waals surface area contributed by atoms with Crippen LogP contribution in [0.4, 0.5) is 5.69 Å². The maximum atomic E-state index is 13.8. The number of rotatable bonds is 12. The zero-order valence-electron chi connectivity index (χ0n) is 28.9. The SMILES string of the molecule is COc1cc(/C=C/C(=O)c2c(C)nc3ccccc3c2-c2ccccc2)ccc1OCCCOc1cc2c(cc1OC)C(=O)N1CCC[C@H]1C=N2. The molecule has 1 fully saturated rings. The second-order valence-electron chi connectivity index (χ2n) is 12.5. The molecule has 4 aromatic carbocycles. The number of ether oxygens (including phenoxy) is 4. The smallest absolute Gasteiger partial charge is 0.256 e. The number of hydrogen-bond donors (Lipinski definition) is 0. The average Bonchev–Trinajstić information content (AvgIpc) is 3.60. The van der Waals surface area contributed by atoms with Crippen LogP contribution in [0.2, 0.25) is 0 Å². The van der Waals surface area contributed by atoms with Crippen molar-refractivity contribution in [3.8, 4) is 34.1 Å². The van der Waals surface area contributed by atoms with Crippen LogP contribution in [0.15, 0.2) is 96.0 Å². The van der Waals surface area contributed by atoms with Gasteiger partial charge in [-0.2, -0.15) is 0 Å². The molecule has 0 saturated carbocycles. The number of allylic oxidation sites excluding steroid dienone is 1. The van der Waals surface area contributed by atoms with Crippen molar-refractivity contribution in [1.82, 2.24) is 9.88 Å². The number of para-hydroxylation sites is 1. The van der Waals surface area contributed by atoms with Gasteiger partial charge in [0.05, 0.1) is 55.8 Å². The summed E-state index contributed by atoms with van der Waals surface area (Å²) in [5.74, 6) is 1.99. The fraction of sp³-hybridized carbons (Fsp3) is 0.238. The minimum Gasteiger partial charge on any atom is -0.493 e. The number of carbonyl (C=O) groups excluding carboxylic acids is 2. The van der Waals surface area contributed by atoms with E-state index in [-0.39, 0.29) is 17.7 Å². The Labute approximate surface area is 297 Å². The molecule has 0 N–H and O–H groups in total. The van der Waals surface area contributed by atoms with Crippen LogP contribution in [0.1, 0.15) is 51.2 Å². The lowest BCUT2D eigenvalue weighted by Gasteiger charge is -2.20. The molecular weight excluding hydrogens is 642 g/mol. The van der Waals surface area contributed by atoms with Gasteiger partial charge >= 0.3 is 0 Å². The maximum absolute atomic E-state index is 13.8. The lowest BCUT2D eigenvalue weighted by atomic mass is 9.92. The first-order chi connectivity index (χ1) is 24.9. The molecule has 7 rings (SSSR count). The van der Waals surface area contributed by atoms with Gasteiger partial charge in [-0.3, -0.25) is 19.6 Å². The number of aliphatic imine (C=N–C) groups is 1. The molecule has 9 heteroatoms.